The zero-order valence-electron chi connectivity index (χ0n) is 18.4. The molecule has 1 aromatic heterocycles. The summed E-state index contributed by atoms with van der Waals surface area (Å²) in [5.41, 5.74) is 1.78. The molecule has 0 saturated heterocycles. The second-order valence-corrected chi connectivity index (χ2v) is 9.95. The van der Waals surface area contributed by atoms with Gasteiger partial charge in [-0.25, -0.2) is 4.79 Å². The summed E-state index contributed by atoms with van der Waals surface area (Å²) in [5, 5.41) is 3.55. The second kappa shape index (κ2) is 10.1. The molecule has 0 aliphatic rings. The van der Waals surface area contributed by atoms with E-state index in [0.29, 0.717) is 23.6 Å². The molecule has 2 unspecified atom stereocenters. The van der Waals surface area contributed by atoms with Crippen molar-refractivity contribution in [2.24, 2.45) is 11.3 Å². The van der Waals surface area contributed by atoms with Crippen molar-refractivity contribution in [1.29, 1.82) is 0 Å². The monoisotopic (exact) mass is 415 g/mol. The molecule has 0 aliphatic heterocycles. The summed E-state index contributed by atoms with van der Waals surface area (Å²) in [6.07, 6.45) is 1.40. The Morgan fingerprint density at radius 2 is 1.79 bits per heavy atom. The summed E-state index contributed by atoms with van der Waals surface area (Å²) < 4.78 is 5.21. The van der Waals surface area contributed by atoms with Gasteiger partial charge in [0.25, 0.3) is 0 Å². The van der Waals surface area contributed by atoms with E-state index >= 15 is 0 Å². The Kier molecular flexibility index (Phi) is 8.03. The maximum absolute atomic E-state index is 12.6. The van der Waals surface area contributed by atoms with Crippen molar-refractivity contribution in [1.82, 2.24) is 0 Å². The van der Waals surface area contributed by atoms with Crippen molar-refractivity contribution in [3.8, 4) is 0 Å². The summed E-state index contributed by atoms with van der Waals surface area (Å²) in [6.45, 7) is 12.8. The van der Waals surface area contributed by atoms with Crippen LogP contribution in [0.4, 0.5) is 5.00 Å². The summed E-state index contributed by atoms with van der Waals surface area (Å²) in [4.78, 5) is 26.1. The Hall–Kier alpha value is -2.14. The molecular formula is C24H33NO3S. The standard InChI is InChI=1S/C24H33NO3S/c1-7-28-23(27)19-14-20(17(3)18-11-9-8-10-12-18)29-22(19)25-21(26)13-16(2)15-24(4,5)6/h8-12,14,16-17H,7,13,15H2,1-6H3,(H,25,26). The smallest absolute Gasteiger partial charge is 0.341 e. The number of amides is 1. The highest BCUT2D eigenvalue weighted by Crippen LogP contribution is 2.37. The van der Waals surface area contributed by atoms with Crippen LogP contribution >= 0.6 is 11.3 Å². The van der Waals surface area contributed by atoms with Gasteiger partial charge in [0.15, 0.2) is 0 Å². The maximum Gasteiger partial charge on any atom is 0.341 e. The lowest BCUT2D eigenvalue weighted by Gasteiger charge is -2.22. The number of anilines is 1. The number of hydrogen-bond donors (Lipinski definition) is 1. The number of benzene rings is 1. The van der Waals surface area contributed by atoms with E-state index in [-0.39, 0.29) is 23.2 Å². The average molecular weight is 416 g/mol. The Morgan fingerprint density at radius 1 is 1.14 bits per heavy atom. The van der Waals surface area contributed by atoms with Crippen molar-refractivity contribution < 1.29 is 14.3 Å². The van der Waals surface area contributed by atoms with E-state index in [4.69, 9.17) is 4.74 Å². The van der Waals surface area contributed by atoms with Gasteiger partial charge in [0.1, 0.15) is 5.00 Å². The van der Waals surface area contributed by atoms with Gasteiger partial charge >= 0.3 is 5.97 Å². The van der Waals surface area contributed by atoms with E-state index in [1.54, 1.807) is 6.92 Å². The molecule has 2 rings (SSSR count). The Bertz CT molecular complexity index is 820. The first-order chi connectivity index (χ1) is 13.6. The third kappa shape index (κ3) is 7.00. The Balaban J connectivity index is 2.21. The van der Waals surface area contributed by atoms with Crippen molar-refractivity contribution in [3.05, 3.63) is 52.4 Å². The molecule has 0 fully saturated rings. The van der Waals surface area contributed by atoms with E-state index in [2.05, 4.69) is 52.1 Å². The lowest BCUT2D eigenvalue weighted by Crippen LogP contribution is -2.19. The first-order valence-electron chi connectivity index (χ1n) is 10.3. The van der Waals surface area contributed by atoms with Crippen LogP contribution in [0.25, 0.3) is 0 Å². The Labute approximate surface area is 178 Å². The predicted octanol–water partition coefficient (Wildman–Crippen LogP) is 6.48. The molecule has 158 valence electrons. The largest absolute Gasteiger partial charge is 0.462 e. The van der Waals surface area contributed by atoms with Gasteiger partial charge in [-0.15, -0.1) is 11.3 Å². The van der Waals surface area contributed by atoms with Crippen molar-refractivity contribution in [3.63, 3.8) is 0 Å². The molecule has 1 heterocycles. The summed E-state index contributed by atoms with van der Waals surface area (Å²) in [5.74, 6) is -0.0649. The first kappa shape index (κ1) is 23.1. The average Bonchev–Trinajstić information content (AvgIpc) is 3.04. The molecule has 1 amide bonds. The minimum atomic E-state index is -0.395. The molecule has 0 radical (unpaired) electrons. The number of hydrogen-bond acceptors (Lipinski definition) is 4. The topological polar surface area (TPSA) is 55.4 Å². The van der Waals surface area contributed by atoms with Crippen LogP contribution in [0.3, 0.4) is 0 Å². The number of carbonyl (C=O) groups is 2. The van der Waals surface area contributed by atoms with E-state index < -0.39 is 5.97 Å². The molecule has 2 aromatic rings. The van der Waals surface area contributed by atoms with Gasteiger partial charge in [-0.05, 0) is 36.3 Å². The molecule has 0 saturated carbocycles. The molecule has 0 aliphatic carbocycles. The minimum Gasteiger partial charge on any atom is -0.462 e. The van der Waals surface area contributed by atoms with Gasteiger partial charge < -0.3 is 10.1 Å². The van der Waals surface area contributed by atoms with E-state index in [1.165, 1.54) is 16.9 Å². The van der Waals surface area contributed by atoms with Gasteiger partial charge in [-0.2, -0.15) is 0 Å². The number of carbonyl (C=O) groups excluding carboxylic acids is 2. The molecule has 2 atom stereocenters. The van der Waals surface area contributed by atoms with Crippen LogP contribution in [0.15, 0.2) is 36.4 Å². The first-order valence-corrected chi connectivity index (χ1v) is 11.1. The molecule has 29 heavy (non-hydrogen) atoms. The molecular weight excluding hydrogens is 382 g/mol. The lowest BCUT2D eigenvalue weighted by atomic mass is 9.84. The van der Waals surface area contributed by atoms with Crippen LogP contribution in [0.2, 0.25) is 0 Å². The van der Waals surface area contributed by atoms with Crippen LogP contribution in [0, 0.1) is 11.3 Å². The fourth-order valence-corrected chi connectivity index (χ4v) is 4.74. The van der Waals surface area contributed by atoms with Crippen LogP contribution < -0.4 is 5.32 Å². The molecule has 4 nitrogen and oxygen atoms in total. The van der Waals surface area contributed by atoms with Gasteiger partial charge in [-0.3, -0.25) is 4.79 Å². The Morgan fingerprint density at radius 3 is 2.38 bits per heavy atom. The lowest BCUT2D eigenvalue weighted by molar-refractivity contribution is -0.117. The number of nitrogens with one attached hydrogen (secondary N) is 1. The van der Waals surface area contributed by atoms with Crippen molar-refractivity contribution in [2.45, 2.75) is 60.3 Å². The number of esters is 1. The van der Waals surface area contributed by atoms with Gasteiger partial charge in [0.2, 0.25) is 5.91 Å². The molecule has 0 bridgehead atoms. The van der Waals surface area contributed by atoms with Crippen LogP contribution in [-0.2, 0) is 9.53 Å². The molecule has 1 aromatic carbocycles. The fourth-order valence-electron chi connectivity index (χ4n) is 3.59. The normalized spacial score (nSPS) is 13.6. The van der Waals surface area contributed by atoms with Gasteiger partial charge in [0.05, 0.1) is 12.2 Å². The van der Waals surface area contributed by atoms with Crippen LogP contribution in [0.1, 0.15) is 81.1 Å². The van der Waals surface area contributed by atoms with Crippen LogP contribution in [-0.4, -0.2) is 18.5 Å². The summed E-state index contributed by atoms with van der Waals surface area (Å²) in [6, 6.07) is 12.0. The number of thiophene rings is 1. The molecule has 5 heteroatoms. The van der Waals surface area contributed by atoms with E-state index in [0.717, 1.165) is 11.3 Å². The SMILES string of the molecule is CCOC(=O)c1cc(C(C)c2ccccc2)sc1NC(=O)CC(C)CC(C)(C)C. The molecule has 1 N–H and O–H groups in total. The fraction of sp³-hybridized carbons (Fsp3) is 0.500. The van der Waals surface area contributed by atoms with Crippen LogP contribution in [0.5, 0.6) is 0 Å². The van der Waals surface area contributed by atoms with E-state index in [9.17, 15) is 9.59 Å². The number of ether oxygens (including phenoxy) is 1. The third-order valence-corrected chi connectivity index (χ3v) is 5.95. The zero-order valence-corrected chi connectivity index (χ0v) is 19.2. The zero-order chi connectivity index (χ0) is 21.6. The molecule has 0 spiro atoms. The predicted molar refractivity (Wildman–Crippen MR) is 121 cm³/mol. The van der Waals surface area contributed by atoms with E-state index in [1.807, 2.05) is 24.3 Å². The van der Waals surface area contributed by atoms with Gasteiger partial charge in [-0.1, -0.05) is 65.0 Å². The number of rotatable bonds is 8. The highest BCUT2D eigenvalue weighted by atomic mass is 32.1. The van der Waals surface area contributed by atoms with Crippen molar-refractivity contribution in [2.75, 3.05) is 11.9 Å². The maximum atomic E-state index is 12.6. The summed E-state index contributed by atoms with van der Waals surface area (Å²) in [7, 11) is 0. The summed E-state index contributed by atoms with van der Waals surface area (Å²) >= 11 is 1.45. The second-order valence-electron chi connectivity index (χ2n) is 8.87. The highest BCUT2D eigenvalue weighted by Gasteiger charge is 2.23. The minimum absolute atomic E-state index is 0.0620. The quantitative estimate of drug-likeness (QED) is 0.502. The van der Waals surface area contributed by atoms with Gasteiger partial charge in [0, 0.05) is 17.2 Å². The van der Waals surface area contributed by atoms with Crippen molar-refractivity contribution >= 4 is 28.2 Å². The third-order valence-electron chi connectivity index (χ3n) is 4.72. The highest BCUT2D eigenvalue weighted by molar-refractivity contribution is 7.16.